The fourth-order valence-corrected chi connectivity index (χ4v) is 10.1. The van der Waals surface area contributed by atoms with E-state index in [1.165, 1.54) is 49.5 Å². The third-order valence-corrected chi connectivity index (χ3v) is 13.0. The van der Waals surface area contributed by atoms with Crippen molar-refractivity contribution in [2.24, 2.45) is 0 Å². The minimum absolute atomic E-state index is 0.103. The highest BCUT2D eigenvalue weighted by Crippen LogP contribution is 2.53. The van der Waals surface area contributed by atoms with Crippen LogP contribution >= 0.6 is 0 Å². The van der Waals surface area contributed by atoms with Gasteiger partial charge in [-0.25, -0.2) is 0 Å². The van der Waals surface area contributed by atoms with Crippen LogP contribution in [0.3, 0.4) is 0 Å². The molecule has 62 heavy (non-hydrogen) atoms. The van der Waals surface area contributed by atoms with Gasteiger partial charge >= 0.3 is 0 Å². The lowest BCUT2D eigenvalue weighted by molar-refractivity contribution is 0.487. The summed E-state index contributed by atoms with van der Waals surface area (Å²) in [6.07, 6.45) is 0. The molecule has 2 aliphatic rings. The molecule has 1 aliphatic carbocycles. The average Bonchev–Trinajstić information content (AvgIpc) is 3.55. The van der Waals surface area contributed by atoms with Crippen molar-refractivity contribution in [1.82, 2.24) is 0 Å². The van der Waals surface area contributed by atoms with Gasteiger partial charge in [-0.05, 0) is 128 Å². The van der Waals surface area contributed by atoms with Crippen molar-refractivity contribution in [3.63, 3.8) is 0 Å². The zero-order valence-electron chi connectivity index (χ0n) is 34.6. The molecule has 10 aromatic carbocycles. The lowest BCUT2D eigenvalue weighted by Crippen LogP contribution is -2.16. The Morgan fingerprint density at radius 1 is 0.355 bits per heavy atom. The maximum atomic E-state index is 6.94. The van der Waals surface area contributed by atoms with Crippen molar-refractivity contribution in [3.8, 4) is 44.9 Å². The van der Waals surface area contributed by atoms with Crippen LogP contribution in [0.25, 0.3) is 54.9 Å². The molecule has 0 spiro atoms. The summed E-state index contributed by atoms with van der Waals surface area (Å²) in [6, 6.07) is 78.9. The van der Waals surface area contributed by atoms with Gasteiger partial charge in [0.2, 0.25) is 0 Å². The molecule has 0 fully saturated rings. The molecular formula is C59H42N2O. The number of hydrogen-bond donors (Lipinski definition) is 0. The highest BCUT2D eigenvalue weighted by Gasteiger charge is 2.36. The summed E-state index contributed by atoms with van der Waals surface area (Å²) < 4.78 is 6.94. The molecule has 10 aromatic rings. The van der Waals surface area contributed by atoms with Gasteiger partial charge in [0.25, 0.3) is 0 Å². The molecule has 0 amide bonds. The van der Waals surface area contributed by atoms with E-state index in [4.69, 9.17) is 4.74 Å². The summed E-state index contributed by atoms with van der Waals surface area (Å²) in [7, 11) is 0. The van der Waals surface area contributed by atoms with Crippen molar-refractivity contribution < 1.29 is 4.74 Å². The summed E-state index contributed by atoms with van der Waals surface area (Å²) in [5.74, 6) is 1.71. The Labute approximate surface area is 362 Å². The molecule has 3 heteroatoms. The second-order valence-corrected chi connectivity index (χ2v) is 16.9. The van der Waals surface area contributed by atoms with E-state index in [9.17, 15) is 0 Å². The summed E-state index contributed by atoms with van der Waals surface area (Å²) in [4.78, 5) is 4.74. The van der Waals surface area contributed by atoms with Gasteiger partial charge in [-0.1, -0.05) is 147 Å². The largest absolute Gasteiger partial charge is 0.456 e. The highest BCUT2D eigenvalue weighted by atomic mass is 16.5. The normalized spacial score (nSPS) is 12.9. The van der Waals surface area contributed by atoms with Gasteiger partial charge in [0.05, 0.1) is 5.69 Å². The van der Waals surface area contributed by atoms with Crippen molar-refractivity contribution in [2.45, 2.75) is 19.3 Å². The molecule has 3 nitrogen and oxygen atoms in total. The van der Waals surface area contributed by atoms with E-state index >= 15 is 0 Å². The molecule has 12 rings (SSSR count). The molecule has 0 unspecified atom stereocenters. The van der Waals surface area contributed by atoms with Gasteiger partial charge in [0.1, 0.15) is 11.5 Å². The van der Waals surface area contributed by atoms with Crippen LogP contribution in [0.2, 0.25) is 0 Å². The van der Waals surface area contributed by atoms with Crippen LogP contribution in [0.4, 0.5) is 34.1 Å². The maximum Gasteiger partial charge on any atom is 0.137 e. The Kier molecular flexibility index (Phi) is 8.20. The molecule has 1 aliphatic heterocycles. The lowest BCUT2D eigenvalue weighted by atomic mass is 9.82. The fourth-order valence-electron chi connectivity index (χ4n) is 10.1. The number of nitrogens with zero attached hydrogens (tertiary/aromatic N) is 2. The monoisotopic (exact) mass is 794 g/mol. The second kappa shape index (κ2) is 14.1. The van der Waals surface area contributed by atoms with Crippen LogP contribution in [0.1, 0.15) is 25.0 Å². The van der Waals surface area contributed by atoms with Gasteiger partial charge in [0, 0.05) is 56.4 Å². The zero-order chi connectivity index (χ0) is 41.4. The number of hydrogen-bond acceptors (Lipinski definition) is 3. The minimum Gasteiger partial charge on any atom is -0.456 e. The van der Waals surface area contributed by atoms with E-state index < -0.39 is 0 Å². The van der Waals surface area contributed by atoms with Gasteiger partial charge in [-0.3, -0.25) is 0 Å². The van der Waals surface area contributed by atoms with Crippen molar-refractivity contribution in [3.05, 3.63) is 230 Å². The molecule has 294 valence electrons. The van der Waals surface area contributed by atoms with E-state index in [2.05, 4.69) is 242 Å². The molecule has 0 saturated heterocycles. The molecule has 0 radical (unpaired) electrons. The summed E-state index contributed by atoms with van der Waals surface area (Å²) >= 11 is 0. The number of anilines is 6. The fraction of sp³-hybridized carbons (Fsp3) is 0.0508. The highest BCUT2D eigenvalue weighted by molar-refractivity contribution is 6.18. The Morgan fingerprint density at radius 3 is 1.73 bits per heavy atom. The molecule has 0 atom stereocenters. The number of ether oxygens (including phenoxy) is 1. The molecular weight excluding hydrogens is 753 g/mol. The SMILES string of the molecule is CC1(C)c2ccccc2-c2ccc(N(c3ccccc3)c3ccc4cc5c6c(cccc6c4c3)Oc3cc(N(c4ccccc4)c4ccccc4-c4ccccc4)ccc3-5)cc21. The van der Waals surface area contributed by atoms with Gasteiger partial charge in [-0.15, -0.1) is 0 Å². The minimum atomic E-state index is -0.103. The summed E-state index contributed by atoms with van der Waals surface area (Å²) in [5.41, 5.74) is 16.4. The van der Waals surface area contributed by atoms with Crippen LogP contribution < -0.4 is 14.5 Å². The number of rotatable bonds is 7. The van der Waals surface area contributed by atoms with E-state index in [1.807, 2.05) is 0 Å². The molecule has 0 bridgehead atoms. The number of para-hydroxylation sites is 3. The van der Waals surface area contributed by atoms with Gasteiger partial charge in [-0.2, -0.15) is 0 Å². The van der Waals surface area contributed by atoms with Crippen LogP contribution in [-0.4, -0.2) is 0 Å². The quantitative estimate of drug-likeness (QED) is 0.149. The Hall–Kier alpha value is -7.88. The first-order chi connectivity index (χ1) is 30.5. The van der Waals surface area contributed by atoms with E-state index in [1.54, 1.807) is 0 Å². The Bertz CT molecular complexity index is 3360. The van der Waals surface area contributed by atoms with Crippen molar-refractivity contribution in [2.75, 3.05) is 9.80 Å². The molecule has 0 N–H and O–H groups in total. The Balaban J connectivity index is 0.985. The summed E-state index contributed by atoms with van der Waals surface area (Å²) in [6.45, 7) is 4.70. The first-order valence-electron chi connectivity index (χ1n) is 21.4. The Morgan fingerprint density at radius 2 is 0.952 bits per heavy atom. The molecule has 0 aromatic heterocycles. The second-order valence-electron chi connectivity index (χ2n) is 16.9. The maximum absolute atomic E-state index is 6.94. The van der Waals surface area contributed by atoms with E-state index in [-0.39, 0.29) is 5.41 Å². The van der Waals surface area contributed by atoms with Crippen LogP contribution in [-0.2, 0) is 5.41 Å². The van der Waals surface area contributed by atoms with E-state index in [0.717, 1.165) is 62.1 Å². The van der Waals surface area contributed by atoms with Gasteiger partial charge in [0.15, 0.2) is 0 Å². The topological polar surface area (TPSA) is 15.7 Å². The van der Waals surface area contributed by atoms with Crippen molar-refractivity contribution in [1.29, 1.82) is 0 Å². The summed E-state index contributed by atoms with van der Waals surface area (Å²) in [5, 5.41) is 4.68. The molecule has 1 heterocycles. The van der Waals surface area contributed by atoms with Crippen LogP contribution in [0.5, 0.6) is 11.5 Å². The van der Waals surface area contributed by atoms with Crippen LogP contribution in [0.15, 0.2) is 218 Å². The zero-order valence-corrected chi connectivity index (χ0v) is 34.6. The standard InChI is InChI=1S/C59H42N2O/c1-59(2)53-26-14-12-24-47(53)48-33-31-44(37-54(48)59)60(41-19-8-4-9-20-41)43-30-29-40-35-52-49-34-32-45(38-57(49)62-56-28-16-25-50(58(52)56)51(40)36-43)61(42-21-10-5-11-22-42)55-27-15-13-23-46(55)39-17-6-3-7-18-39/h3-38H,1-2H3. The first kappa shape index (κ1) is 36.0. The van der Waals surface area contributed by atoms with Gasteiger partial charge < -0.3 is 14.5 Å². The average molecular weight is 795 g/mol. The smallest absolute Gasteiger partial charge is 0.137 e. The number of fused-ring (bicyclic) bond motifs is 7. The van der Waals surface area contributed by atoms with E-state index in [0.29, 0.717) is 0 Å². The third kappa shape index (κ3) is 5.66. The first-order valence-corrected chi connectivity index (χ1v) is 21.4. The van der Waals surface area contributed by atoms with Crippen LogP contribution in [0, 0.1) is 0 Å². The van der Waals surface area contributed by atoms with Crippen molar-refractivity contribution >= 4 is 55.7 Å². The predicted octanol–water partition coefficient (Wildman–Crippen LogP) is 16.7. The molecule has 0 saturated carbocycles. The predicted molar refractivity (Wildman–Crippen MR) is 259 cm³/mol. The third-order valence-electron chi connectivity index (χ3n) is 13.0. The lowest BCUT2D eigenvalue weighted by Gasteiger charge is -2.30. The number of benzene rings is 10.